The van der Waals surface area contributed by atoms with Crippen molar-refractivity contribution in [3.63, 3.8) is 0 Å². The molecule has 0 aliphatic rings. The Morgan fingerprint density at radius 1 is 1.03 bits per heavy atom. The Labute approximate surface area is 206 Å². The molecule has 4 rings (SSSR count). The molecule has 1 heterocycles. The van der Waals surface area contributed by atoms with E-state index in [9.17, 15) is 4.79 Å². The van der Waals surface area contributed by atoms with Gasteiger partial charge in [-0.2, -0.15) is 5.10 Å². The number of benzene rings is 3. The lowest BCUT2D eigenvalue weighted by molar-refractivity contribution is -0.118. The highest BCUT2D eigenvalue weighted by Crippen LogP contribution is 2.27. The summed E-state index contributed by atoms with van der Waals surface area (Å²) in [5.41, 5.74) is 6.29. The Hall–Kier alpha value is -3.06. The highest BCUT2D eigenvalue weighted by Gasteiger charge is 2.14. The molecule has 8 heteroatoms. The summed E-state index contributed by atoms with van der Waals surface area (Å²) in [6.07, 6.45) is 3.17. The van der Waals surface area contributed by atoms with Crippen LogP contribution in [0.2, 0.25) is 5.02 Å². The molecule has 0 atom stereocenters. The molecule has 1 N–H and O–H groups in total. The number of amides is 1. The average molecular weight is 495 g/mol. The first-order valence-electron chi connectivity index (χ1n) is 10.2. The number of carbonyl (C=O) groups is 1. The van der Waals surface area contributed by atoms with Gasteiger partial charge in [0.1, 0.15) is 0 Å². The molecule has 0 spiro atoms. The molecule has 3 aromatic carbocycles. The van der Waals surface area contributed by atoms with E-state index in [1.54, 1.807) is 6.08 Å². The van der Waals surface area contributed by atoms with Gasteiger partial charge in [0.15, 0.2) is 5.16 Å². The quantitative estimate of drug-likeness (QED) is 0.180. The number of fused-ring (bicyclic) bond motifs is 1. The third-order valence-electron chi connectivity index (χ3n) is 4.72. The second kappa shape index (κ2) is 11.2. The Kier molecular flexibility index (Phi) is 7.83. The molecule has 0 saturated carbocycles. The fourth-order valence-corrected chi connectivity index (χ4v) is 4.36. The number of nitrogens with one attached hydrogen (secondary N) is 1. The van der Waals surface area contributed by atoms with Gasteiger partial charge in [0.2, 0.25) is 0 Å². The smallest absolute Gasteiger partial charge is 0.250 e. The van der Waals surface area contributed by atoms with Crippen molar-refractivity contribution in [3.05, 3.63) is 100 Å². The molecule has 1 amide bonds. The number of carbonyl (C=O) groups excluding carboxylic acids is 1. The molecule has 5 nitrogen and oxygen atoms in total. The van der Waals surface area contributed by atoms with Crippen molar-refractivity contribution in [1.29, 1.82) is 0 Å². The maximum atomic E-state index is 12.3. The molecule has 0 radical (unpaired) electrons. The molecule has 0 saturated heterocycles. The summed E-state index contributed by atoms with van der Waals surface area (Å²) in [5.74, 6) is -0.0970. The highest BCUT2D eigenvalue weighted by atomic mass is 35.5. The van der Waals surface area contributed by atoms with E-state index in [2.05, 4.69) is 15.1 Å². The van der Waals surface area contributed by atoms with E-state index in [1.165, 1.54) is 18.0 Å². The molecule has 0 unspecified atom stereocenters. The van der Waals surface area contributed by atoms with Crippen molar-refractivity contribution < 1.29 is 4.79 Å². The highest BCUT2D eigenvalue weighted by molar-refractivity contribution is 7.99. The van der Waals surface area contributed by atoms with Crippen LogP contribution in [0.3, 0.4) is 0 Å². The first-order valence-corrected chi connectivity index (χ1v) is 11.9. The van der Waals surface area contributed by atoms with Crippen LogP contribution >= 0.6 is 35.0 Å². The van der Waals surface area contributed by atoms with Gasteiger partial charge in [-0.05, 0) is 35.4 Å². The molecule has 0 fully saturated rings. The predicted molar refractivity (Wildman–Crippen MR) is 138 cm³/mol. The Bertz CT molecular complexity index is 1320. The summed E-state index contributed by atoms with van der Waals surface area (Å²) in [5, 5.41) is 5.78. The van der Waals surface area contributed by atoms with Gasteiger partial charge in [-0.25, -0.2) is 10.4 Å². The fraction of sp³-hybridized carbons (Fsp3) is 0.0800. The Morgan fingerprint density at radius 3 is 2.58 bits per heavy atom. The number of hydrogen-bond donors (Lipinski definition) is 1. The Balaban J connectivity index is 1.42. The van der Waals surface area contributed by atoms with Crippen LogP contribution in [0.5, 0.6) is 0 Å². The number of hydrogen-bond acceptors (Lipinski definition) is 4. The van der Waals surface area contributed by atoms with Gasteiger partial charge < -0.3 is 4.57 Å². The van der Waals surface area contributed by atoms with E-state index in [1.807, 2.05) is 78.9 Å². The van der Waals surface area contributed by atoms with Crippen LogP contribution in [0.1, 0.15) is 11.1 Å². The van der Waals surface area contributed by atoms with Crippen LogP contribution in [-0.4, -0.2) is 27.4 Å². The van der Waals surface area contributed by atoms with Crippen LogP contribution < -0.4 is 5.43 Å². The molecule has 166 valence electrons. The second-order valence-electron chi connectivity index (χ2n) is 7.08. The number of allylic oxidation sites excluding steroid dienone is 1. The van der Waals surface area contributed by atoms with Gasteiger partial charge in [0, 0.05) is 5.02 Å². The summed E-state index contributed by atoms with van der Waals surface area (Å²) >= 11 is 13.9. The van der Waals surface area contributed by atoms with Crippen LogP contribution in [0.15, 0.2) is 94.2 Å². The number of halogens is 2. The average Bonchev–Trinajstić information content (AvgIpc) is 3.17. The van der Waals surface area contributed by atoms with Crippen molar-refractivity contribution in [3.8, 4) is 0 Å². The van der Waals surface area contributed by atoms with Gasteiger partial charge in [0.25, 0.3) is 5.91 Å². The van der Waals surface area contributed by atoms with Crippen molar-refractivity contribution in [2.75, 3.05) is 5.75 Å². The standard InChI is InChI=1S/C25H20Cl2N4OS/c26-20(14-18-8-2-1-3-9-18)15-28-30-24(32)17-33-25-29-22-12-6-7-13-23(22)31(25)16-19-10-4-5-11-21(19)27/h1-15H,16-17H2,(H,30,32)/b20-14-,28-15+. The number of aromatic nitrogens is 2. The summed E-state index contributed by atoms with van der Waals surface area (Å²) in [6.45, 7) is 0.558. The van der Waals surface area contributed by atoms with E-state index in [-0.39, 0.29) is 11.7 Å². The summed E-state index contributed by atoms with van der Waals surface area (Å²) < 4.78 is 2.07. The molecule has 33 heavy (non-hydrogen) atoms. The second-order valence-corrected chi connectivity index (χ2v) is 8.87. The largest absolute Gasteiger partial charge is 0.314 e. The minimum absolute atomic E-state index is 0.156. The van der Waals surface area contributed by atoms with Crippen molar-refractivity contribution >= 4 is 64.2 Å². The number of nitrogens with zero attached hydrogens (tertiary/aromatic N) is 3. The summed E-state index contributed by atoms with van der Waals surface area (Å²) in [7, 11) is 0. The molecule has 0 bridgehead atoms. The van der Waals surface area contributed by atoms with Gasteiger partial charge in [-0.15, -0.1) is 0 Å². The zero-order valence-electron chi connectivity index (χ0n) is 17.5. The van der Waals surface area contributed by atoms with E-state index >= 15 is 0 Å². The zero-order valence-corrected chi connectivity index (χ0v) is 19.8. The first-order chi connectivity index (χ1) is 16.1. The molecular weight excluding hydrogens is 475 g/mol. The lowest BCUT2D eigenvalue weighted by Gasteiger charge is -2.10. The van der Waals surface area contributed by atoms with Crippen LogP contribution in [0.4, 0.5) is 0 Å². The number of para-hydroxylation sites is 2. The normalized spacial score (nSPS) is 11.9. The SMILES string of the molecule is O=C(CSc1nc2ccccc2n1Cc1ccccc1Cl)N/N=C/C(Cl)=C/c1ccccc1. The maximum absolute atomic E-state index is 12.3. The van der Waals surface area contributed by atoms with Crippen molar-refractivity contribution in [1.82, 2.24) is 15.0 Å². The van der Waals surface area contributed by atoms with Crippen LogP contribution in [0, 0.1) is 0 Å². The van der Waals surface area contributed by atoms with E-state index in [4.69, 9.17) is 28.2 Å². The van der Waals surface area contributed by atoms with E-state index in [0.717, 1.165) is 27.3 Å². The number of imidazole rings is 1. The van der Waals surface area contributed by atoms with Crippen molar-refractivity contribution in [2.45, 2.75) is 11.7 Å². The molecular formula is C25H20Cl2N4OS. The predicted octanol–water partition coefficient (Wildman–Crippen LogP) is 6.21. The monoisotopic (exact) mass is 494 g/mol. The van der Waals surface area contributed by atoms with E-state index in [0.29, 0.717) is 16.6 Å². The maximum Gasteiger partial charge on any atom is 0.250 e. The number of rotatable bonds is 8. The van der Waals surface area contributed by atoms with Gasteiger partial charge in [0.05, 0.1) is 34.6 Å². The lowest BCUT2D eigenvalue weighted by atomic mass is 10.2. The minimum atomic E-state index is -0.253. The third-order valence-corrected chi connectivity index (χ3v) is 6.27. The Morgan fingerprint density at radius 2 is 1.76 bits per heavy atom. The third kappa shape index (κ3) is 6.26. The number of hydrazone groups is 1. The van der Waals surface area contributed by atoms with Crippen LogP contribution in [0.25, 0.3) is 17.1 Å². The lowest BCUT2D eigenvalue weighted by Crippen LogP contribution is -2.20. The molecule has 1 aromatic heterocycles. The minimum Gasteiger partial charge on any atom is -0.314 e. The zero-order chi connectivity index (χ0) is 23.0. The van der Waals surface area contributed by atoms with Crippen molar-refractivity contribution in [2.24, 2.45) is 5.10 Å². The molecule has 0 aliphatic heterocycles. The van der Waals surface area contributed by atoms with Crippen LogP contribution in [-0.2, 0) is 11.3 Å². The van der Waals surface area contributed by atoms with E-state index < -0.39 is 0 Å². The summed E-state index contributed by atoms with van der Waals surface area (Å²) in [6, 6.07) is 25.2. The molecule has 4 aromatic rings. The van der Waals surface area contributed by atoms with Gasteiger partial charge >= 0.3 is 0 Å². The first kappa shape index (κ1) is 23.1. The van der Waals surface area contributed by atoms with Gasteiger partial charge in [-0.3, -0.25) is 4.79 Å². The summed E-state index contributed by atoms with van der Waals surface area (Å²) in [4.78, 5) is 17.0. The van der Waals surface area contributed by atoms with Gasteiger partial charge in [-0.1, -0.05) is 95.6 Å². The topological polar surface area (TPSA) is 59.3 Å². The molecule has 0 aliphatic carbocycles. The number of thioether (sulfide) groups is 1. The fourth-order valence-electron chi connectivity index (χ4n) is 3.19.